The monoisotopic (exact) mass is 439 g/mol. The molecule has 1 fully saturated rings. The van der Waals surface area contributed by atoms with Crippen molar-refractivity contribution in [2.45, 2.75) is 19.5 Å². The van der Waals surface area contributed by atoms with Crippen LogP contribution in [0.3, 0.4) is 0 Å². The molecule has 0 spiro atoms. The van der Waals surface area contributed by atoms with Gasteiger partial charge in [0, 0.05) is 42.0 Å². The molecule has 1 atom stereocenters. The fourth-order valence-corrected chi connectivity index (χ4v) is 4.63. The highest BCUT2D eigenvalue weighted by Crippen LogP contribution is 2.28. The van der Waals surface area contributed by atoms with E-state index in [9.17, 15) is 0 Å². The quantitative estimate of drug-likeness (QED) is 0.434. The first-order chi connectivity index (χ1) is 15.2. The van der Waals surface area contributed by atoms with Crippen LogP contribution >= 0.6 is 11.3 Å². The molecule has 1 aliphatic rings. The Morgan fingerprint density at radius 3 is 2.68 bits per heavy atom. The van der Waals surface area contributed by atoms with Gasteiger partial charge in [-0.3, -0.25) is 9.89 Å². The number of oxazole rings is 1. The lowest BCUT2D eigenvalue weighted by molar-refractivity contribution is 0.0177. The van der Waals surface area contributed by atoms with Crippen molar-refractivity contribution < 1.29 is 9.15 Å². The summed E-state index contributed by atoms with van der Waals surface area (Å²) in [7, 11) is 1.78. The third-order valence-electron chi connectivity index (χ3n) is 5.27. The van der Waals surface area contributed by atoms with E-state index in [0.29, 0.717) is 12.4 Å². The van der Waals surface area contributed by atoms with Gasteiger partial charge in [-0.15, -0.1) is 11.3 Å². The van der Waals surface area contributed by atoms with E-state index in [4.69, 9.17) is 9.15 Å². The van der Waals surface area contributed by atoms with Crippen molar-refractivity contribution in [2.24, 2.45) is 4.99 Å². The third-order valence-corrected chi connectivity index (χ3v) is 6.37. The van der Waals surface area contributed by atoms with Gasteiger partial charge in [-0.05, 0) is 31.2 Å². The summed E-state index contributed by atoms with van der Waals surface area (Å²) in [6.07, 6.45) is 1.69. The Labute approximate surface area is 187 Å². The average molecular weight is 440 g/mol. The number of nitrogens with zero attached hydrogens (tertiary/aromatic N) is 3. The molecule has 8 heteroatoms. The number of hydrogen-bond acceptors (Lipinski definition) is 6. The number of guanidine groups is 1. The molecule has 0 bridgehead atoms. The van der Waals surface area contributed by atoms with Crippen LogP contribution < -0.4 is 10.6 Å². The van der Waals surface area contributed by atoms with Gasteiger partial charge in [-0.25, -0.2) is 4.98 Å². The molecular weight excluding hydrogens is 410 g/mol. The van der Waals surface area contributed by atoms with Crippen molar-refractivity contribution in [3.05, 3.63) is 64.2 Å². The summed E-state index contributed by atoms with van der Waals surface area (Å²) in [5.74, 6) is 1.37. The normalized spacial score (nSPS) is 16.3. The molecule has 1 aliphatic heterocycles. The van der Waals surface area contributed by atoms with Crippen LogP contribution in [0.25, 0.3) is 11.5 Å². The van der Waals surface area contributed by atoms with Gasteiger partial charge in [0.25, 0.3) is 0 Å². The number of aliphatic imine (C=N–C) groups is 1. The van der Waals surface area contributed by atoms with E-state index >= 15 is 0 Å². The maximum Gasteiger partial charge on any atom is 0.226 e. The zero-order chi connectivity index (χ0) is 21.5. The lowest BCUT2D eigenvalue weighted by atomic mass is 10.2. The van der Waals surface area contributed by atoms with E-state index < -0.39 is 0 Å². The molecule has 4 rings (SSSR count). The van der Waals surface area contributed by atoms with Crippen molar-refractivity contribution in [1.82, 2.24) is 20.5 Å². The van der Waals surface area contributed by atoms with E-state index in [0.717, 1.165) is 50.1 Å². The molecule has 2 aromatic heterocycles. The molecule has 1 saturated heterocycles. The number of benzene rings is 1. The maximum atomic E-state index is 5.63. The minimum absolute atomic E-state index is 0.290. The molecule has 0 aliphatic carbocycles. The van der Waals surface area contributed by atoms with Crippen LogP contribution in [-0.2, 0) is 11.3 Å². The Hall–Kier alpha value is -2.68. The Morgan fingerprint density at radius 1 is 1.16 bits per heavy atom. The van der Waals surface area contributed by atoms with Gasteiger partial charge >= 0.3 is 0 Å². The molecule has 7 nitrogen and oxygen atoms in total. The fourth-order valence-electron chi connectivity index (χ4n) is 3.62. The highest BCUT2D eigenvalue weighted by molar-refractivity contribution is 7.12. The van der Waals surface area contributed by atoms with E-state index in [2.05, 4.69) is 44.6 Å². The summed E-state index contributed by atoms with van der Waals surface area (Å²) in [6, 6.07) is 14.6. The summed E-state index contributed by atoms with van der Waals surface area (Å²) < 4.78 is 11.2. The first kappa shape index (κ1) is 21.5. The first-order valence-corrected chi connectivity index (χ1v) is 11.4. The van der Waals surface area contributed by atoms with E-state index in [1.807, 2.05) is 41.7 Å². The van der Waals surface area contributed by atoms with Crippen LogP contribution in [0.1, 0.15) is 21.5 Å². The molecule has 0 saturated carbocycles. The molecule has 2 N–H and O–H groups in total. The van der Waals surface area contributed by atoms with Crippen LogP contribution in [-0.4, -0.2) is 55.7 Å². The number of thiophene rings is 1. The van der Waals surface area contributed by atoms with Crippen LogP contribution in [0.5, 0.6) is 0 Å². The molecule has 3 heterocycles. The minimum Gasteiger partial charge on any atom is -0.444 e. The highest BCUT2D eigenvalue weighted by Gasteiger charge is 2.24. The van der Waals surface area contributed by atoms with Crippen LogP contribution in [0.2, 0.25) is 0 Å². The van der Waals surface area contributed by atoms with E-state index in [1.54, 1.807) is 13.3 Å². The SMILES string of the molecule is CN=C(NCc1coc(-c2ccccc2)n1)NCC(c1ccc(C)s1)N1CCOCC1. The summed E-state index contributed by atoms with van der Waals surface area (Å²) in [5.41, 5.74) is 1.80. The topological polar surface area (TPSA) is 74.9 Å². The van der Waals surface area contributed by atoms with Crippen LogP contribution in [0.4, 0.5) is 0 Å². The second kappa shape index (κ2) is 10.6. The second-order valence-corrected chi connectivity index (χ2v) is 8.75. The van der Waals surface area contributed by atoms with E-state index in [1.165, 1.54) is 9.75 Å². The van der Waals surface area contributed by atoms with Gasteiger partial charge in [-0.2, -0.15) is 0 Å². The summed E-state index contributed by atoms with van der Waals surface area (Å²) in [5, 5.41) is 6.83. The van der Waals surface area contributed by atoms with Crippen molar-refractivity contribution in [3.63, 3.8) is 0 Å². The number of hydrogen-bond donors (Lipinski definition) is 2. The fraction of sp³-hybridized carbons (Fsp3) is 0.391. The number of aryl methyl sites for hydroxylation is 1. The first-order valence-electron chi connectivity index (χ1n) is 10.6. The zero-order valence-corrected chi connectivity index (χ0v) is 18.8. The van der Waals surface area contributed by atoms with Gasteiger partial charge in [-0.1, -0.05) is 18.2 Å². The largest absolute Gasteiger partial charge is 0.444 e. The Balaban J connectivity index is 1.35. The lowest BCUT2D eigenvalue weighted by Crippen LogP contribution is -2.46. The molecule has 164 valence electrons. The highest BCUT2D eigenvalue weighted by atomic mass is 32.1. The van der Waals surface area contributed by atoms with Crippen LogP contribution in [0.15, 0.2) is 58.1 Å². The second-order valence-electron chi connectivity index (χ2n) is 7.43. The van der Waals surface area contributed by atoms with Gasteiger partial charge in [0.2, 0.25) is 5.89 Å². The van der Waals surface area contributed by atoms with E-state index in [-0.39, 0.29) is 6.04 Å². The van der Waals surface area contributed by atoms with Gasteiger partial charge < -0.3 is 19.8 Å². The smallest absolute Gasteiger partial charge is 0.226 e. The number of morpholine rings is 1. The Morgan fingerprint density at radius 2 is 1.97 bits per heavy atom. The predicted molar refractivity (Wildman–Crippen MR) is 124 cm³/mol. The molecule has 1 aromatic carbocycles. The minimum atomic E-state index is 0.290. The number of rotatable bonds is 7. The molecular formula is C23H29N5O2S. The molecule has 3 aromatic rings. The Kier molecular flexibility index (Phi) is 7.35. The third kappa shape index (κ3) is 5.72. The van der Waals surface area contributed by atoms with Gasteiger partial charge in [0.15, 0.2) is 5.96 Å². The van der Waals surface area contributed by atoms with Crippen molar-refractivity contribution >= 4 is 17.3 Å². The van der Waals surface area contributed by atoms with Crippen molar-refractivity contribution in [2.75, 3.05) is 39.9 Å². The average Bonchev–Trinajstić information content (AvgIpc) is 3.47. The molecule has 31 heavy (non-hydrogen) atoms. The predicted octanol–water partition coefficient (Wildman–Crippen LogP) is 3.45. The maximum absolute atomic E-state index is 5.63. The summed E-state index contributed by atoms with van der Waals surface area (Å²) in [4.78, 5) is 14.1. The lowest BCUT2D eigenvalue weighted by Gasteiger charge is -2.34. The van der Waals surface area contributed by atoms with Gasteiger partial charge in [0.1, 0.15) is 6.26 Å². The summed E-state index contributed by atoms with van der Waals surface area (Å²) in [6.45, 7) is 6.91. The number of ether oxygens (including phenoxy) is 1. The standard InChI is InChI=1S/C23H29N5O2S/c1-17-8-9-21(31-17)20(28-10-12-29-13-11-28)15-26-23(24-2)25-14-19-16-30-22(27-19)18-6-4-3-5-7-18/h3-9,16,20H,10-15H2,1-2H3,(H2,24,25,26). The number of nitrogens with one attached hydrogen (secondary N) is 2. The summed E-state index contributed by atoms with van der Waals surface area (Å²) >= 11 is 1.85. The molecule has 1 unspecified atom stereocenters. The van der Waals surface area contributed by atoms with Crippen LogP contribution in [0, 0.1) is 6.92 Å². The zero-order valence-electron chi connectivity index (χ0n) is 18.0. The molecule has 0 amide bonds. The Bertz CT molecular complexity index is 979. The molecule has 0 radical (unpaired) electrons. The number of aromatic nitrogens is 1. The van der Waals surface area contributed by atoms with Crippen molar-refractivity contribution in [1.29, 1.82) is 0 Å². The van der Waals surface area contributed by atoms with Crippen molar-refractivity contribution in [3.8, 4) is 11.5 Å². The van der Waals surface area contributed by atoms with Gasteiger partial charge in [0.05, 0.1) is 31.5 Å².